The third-order valence-corrected chi connectivity index (χ3v) is 7.40. The minimum Gasteiger partial charge on any atom is -0.486 e. The van der Waals surface area contributed by atoms with E-state index in [2.05, 4.69) is 5.32 Å². The first-order valence-corrected chi connectivity index (χ1v) is 13.6. The van der Waals surface area contributed by atoms with Crippen molar-refractivity contribution in [1.29, 1.82) is 0 Å². The molecule has 10 heteroatoms. The van der Waals surface area contributed by atoms with Gasteiger partial charge in [-0.1, -0.05) is 30.3 Å². The summed E-state index contributed by atoms with van der Waals surface area (Å²) in [6.45, 7) is 9.19. The molecule has 1 N–H and O–H groups in total. The standard InChI is InChI=1S/C26H35N3O6S/c1-6-36(32,33)29(21-12-13-22-23(16-21)35-15-14-34-22)18-24(30)28(17-20-10-8-7-9-11-20)19(2)25(31)27-26(3,4)5/h7-13,16,19H,6,14-15,17-18H2,1-5H3,(H,27,31)/t19-/m1/s1. The molecule has 9 nitrogen and oxygen atoms in total. The van der Waals surface area contributed by atoms with Crippen LogP contribution in [0.15, 0.2) is 48.5 Å². The minimum absolute atomic E-state index is 0.152. The molecule has 1 heterocycles. The zero-order valence-electron chi connectivity index (χ0n) is 21.5. The van der Waals surface area contributed by atoms with Gasteiger partial charge in [0.15, 0.2) is 11.5 Å². The van der Waals surface area contributed by atoms with Crippen molar-refractivity contribution in [1.82, 2.24) is 10.2 Å². The van der Waals surface area contributed by atoms with Gasteiger partial charge in [-0.05, 0) is 52.3 Å². The Bertz CT molecular complexity index is 1180. The fourth-order valence-corrected chi connectivity index (χ4v) is 4.80. The molecule has 0 saturated heterocycles. The lowest BCUT2D eigenvalue weighted by molar-refractivity contribution is -0.140. The fraction of sp³-hybridized carbons (Fsp3) is 0.462. The Morgan fingerprint density at radius 2 is 1.67 bits per heavy atom. The number of ether oxygens (including phenoxy) is 2. The van der Waals surface area contributed by atoms with Crippen LogP contribution in [0.4, 0.5) is 5.69 Å². The van der Waals surface area contributed by atoms with Gasteiger partial charge in [-0.2, -0.15) is 0 Å². The molecule has 2 aromatic carbocycles. The van der Waals surface area contributed by atoms with Gasteiger partial charge in [-0.3, -0.25) is 13.9 Å². The zero-order chi connectivity index (χ0) is 26.5. The molecule has 0 aliphatic carbocycles. The largest absolute Gasteiger partial charge is 0.486 e. The first kappa shape index (κ1) is 27.3. The summed E-state index contributed by atoms with van der Waals surface area (Å²) in [5.41, 5.74) is 0.627. The lowest BCUT2D eigenvalue weighted by Gasteiger charge is -2.33. The first-order chi connectivity index (χ1) is 16.9. The van der Waals surface area contributed by atoms with Gasteiger partial charge < -0.3 is 19.7 Å². The highest BCUT2D eigenvalue weighted by Gasteiger charge is 2.32. The molecule has 2 aromatic rings. The van der Waals surface area contributed by atoms with Crippen LogP contribution in [0, 0.1) is 0 Å². The highest BCUT2D eigenvalue weighted by molar-refractivity contribution is 7.92. The molecule has 0 bridgehead atoms. The lowest BCUT2D eigenvalue weighted by Crippen LogP contribution is -2.54. The second kappa shape index (κ2) is 11.2. The van der Waals surface area contributed by atoms with E-state index in [1.165, 1.54) is 11.8 Å². The van der Waals surface area contributed by atoms with Crippen LogP contribution in [-0.4, -0.2) is 62.2 Å². The number of fused-ring (bicyclic) bond motifs is 1. The third-order valence-electron chi connectivity index (χ3n) is 5.65. The Kier molecular flexibility index (Phi) is 8.50. The summed E-state index contributed by atoms with van der Waals surface area (Å²) in [6, 6.07) is 13.2. The van der Waals surface area contributed by atoms with Crippen LogP contribution in [0.5, 0.6) is 11.5 Å². The van der Waals surface area contributed by atoms with Crippen molar-refractivity contribution in [3.63, 3.8) is 0 Å². The molecular weight excluding hydrogens is 482 g/mol. The highest BCUT2D eigenvalue weighted by Crippen LogP contribution is 2.35. The van der Waals surface area contributed by atoms with E-state index in [0.29, 0.717) is 30.4 Å². The van der Waals surface area contributed by atoms with Gasteiger partial charge in [0, 0.05) is 18.2 Å². The Morgan fingerprint density at radius 1 is 1.03 bits per heavy atom. The number of nitrogens with zero attached hydrogens (tertiary/aromatic N) is 2. The van der Waals surface area contributed by atoms with E-state index in [9.17, 15) is 18.0 Å². The van der Waals surface area contributed by atoms with Crippen molar-refractivity contribution in [3.05, 3.63) is 54.1 Å². The topological polar surface area (TPSA) is 105 Å². The molecule has 36 heavy (non-hydrogen) atoms. The van der Waals surface area contributed by atoms with Gasteiger partial charge in [0.05, 0.1) is 11.4 Å². The molecule has 0 aromatic heterocycles. The summed E-state index contributed by atoms with van der Waals surface area (Å²) in [5.74, 6) is -0.0868. The quantitative estimate of drug-likeness (QED) is 0.548. The van der Waals surface area contributed by atoms with E-state index in [-0.39, 0.29) is 18.2 Å². The summed E-state index contributed by atoms with van der Waals surface area (Å²) < 4.78 is 38.4. The van der Waals surface area contributed by atoms with Crippen molar-refractivity contribution in [2.24, 2.45) is 0 Å². The number of benzene rings is 2. The van der Waals surface area contributed by atoms with E-state index >= 15 is 0 Å². The van der Waals surface area contributed by atoms with Crippen LogP contribution >= 0.6 is 0 Å². The maximum Gasteiger partial charge on any atom is 0.244 e. The number of carbonyl (C=O) groups excluding carboxylic acids is 2. The number of nitrogens with one attached hydrogen (secondary N) is 1. The molecule has 0 spiro atoms. The molecular formula is C26H35N3O6S. The normalized spacial score (nSPS) is 14.0. The summed E-state index contributed by atoms with van der Waals surface area (Å²) in [4.78, 5) is 28.1. The molecule has 0 unspecified atom stereocenters. The average Bonchev–Trinajstić information content (AvgIpc) is 2.84. The van der Waals surface area contributed by atoms with Gasteiger partial charge in [0.1, 0.15) is 25.8 Å². The van der Waals surface area contributed by atoms with Gasteiger partial charge >= 0.3 is 0 Å². The van der Waals surface area contributed by atoms with Crippen molar-refractivity contribution < 1.29 is 27.5 Å². The van der Waals surface area contributed by atoms with Crippen LogP contribution in [0.25, 0.3) is 0 Å². The Morgan fingerprint density at radius 3 is 2.28 bits per heavy atom. The fourth-order valence-electron chi connectivity index (χ4n) is 3.74. The van der Waals surface area contributed by atoms with Crippen LogP contribution in [0.2, 0.25) is 0 Å². The van der Waals surface area contributed by atoms with E-state index in [1.54, 1.807) is 25.1 Å². The smallest absolute Gasteiger partial charge is 0.244 e. The van der Waals surface area contributed by atoms with Crippen molar-refractivity contribution >= 4 is 27.5 Å². The molecule has 3 rings (SSSR count). The van der Waals surface area contributed by atoms with Crippen LogP contribution in [0.3, 0.4) is 0 Å². The molecule has 0 radical (unpaired) electrons. The van der Waals surface area contributed by atoms with Crippen molar-refractivity contribution in [2.75, 3.05) is 29.8 Å². The second-order valence-corrected chi connectivity index (χ2v) is 11.8. The van der Waals surface area contributed by atoms with Gasteiger partial charge in [-0.15, -0.1) is 0 Å². The lowest BCUT2D eigenvalue weighted by atomic mass is 10.1. The number of rotatable bonds is 9. The predicted molar refractivity (Wildman–Crippen MR) is 139 cm³/mol. The van der Waals surface area contributed by atoms with E-state index in [0.717, 1.165) is 9.87 Å². The Hall–Kier alpha value is -3.27. The summed E-state index contributed by atoms with van der Waals surface area (Å²) in [5, 5.41) is 2.91. The maximum absolute atomic E-state index is 13.7. The number of amides is 2. The number of sulfonamides is 1. The van der Waals surface area contributed by atoms with Crippen LogP contribution in [-0.2, 0) is 26.2 Å². The van der Waals surface area contributed by atoms with E-state index < -0.39 is 34.1 Å². The molecule has 2 amide bonds. The maximum atomic E-state index is 13.7. The van der Waals surface area contributed by atoms with Gasteiger partial charge in [0.2, 0.25) is 21.8 Å². The number of hydrogen-bond acceptors (Lipinski definition) is 6. The highest BCUT2D eigenvalue weighted by atomic mass is 32.2. The van der Waals surface area contributed by atoms with Gasteiger partial charge in [0.25, 0.3) is 0 Å². The molecule has 1 aliphatic rings. The monoisotopic (exact) mass is 517 g/mol. The molecule has 1 atom stereocenters. The van der Waals surface area contributed by atoms with Crippen LogP contribution < -0.4 is 19.1 Å². The predicted octanol–water partition coefficient (Wildman–Crippen LogP) is 2.95. The van der Waals surface area contributed by atoms with Gasteiger partial charge in [-0.25, -0.2) is 8.42 Å². The molecule has 0 saturated carbocycles. The second-order valence-electron chi connectivity index (χ2n) is 9.66. The Labute approximate surface area is 213 Å². The molecule has 1 aliphatic heterocycles. The minimum atomic E-state index is -3.83. The number of anilines is 1. The summed E-state index contributed by atoms with van der Waals surface area (Å²) >= 11 is 0. The SMILES string of the molecule is CCS(=O)(=O)N(CC(=O)N(Cc1ccccc1)[C@H](C)C(=O)NC(C)(C)C)c1ccc2c(c1)OCCO2. The number of carbonyl (C=O) groups is 2. The molecule has 196 valence electrons. The third kappa shape index (κ3) is 6.90. The number of hydrogen-bond donors (Lipinski definition) is 1. The van der Waals surface area contributed by atoms with E-state index in [1.807, 2.05) is 51.1 Å². The average molecular weight is 518 g/mol. The van der Waals surface area contributed by atoms with E-state index in [4.69, 9.17) is 9.47 Å². The van der Waals surface area contributed by atoms with Crippen molar-refractivity contribution in [2.45, 2.75) is 52.7 Å². The summed E-state index contributed by atoms with van der Waals surface area (Å²) in [7, 11) is -3.83. The first-order valence-electron chi connectivity index (χ1n) is 12.0. The van der Waals surface area contributed by atoms with Crippen molar-refractivity contribution in [3.8, 4) is 11.5 Å². The Balaban J connectivity index is 1.94. The molecule has 0 fully saturated rings. The summed E-state index contributed by atoms with van der Waals surface area (Å²) in [6.07, 6.45) is 0. The zero-order valence-corrected chi connectivity index (χ0v) is 22.3. The van der Waals surface area contributed by atoms with Crippen LogP contribution in [0.1, 0.15) is 40.2 Å².